The zero-order valence-corrected chi connectivity index (χ0v) is 10.9. The van der Waals surface area contributed by atoms with Gasteiger partial charge in [0.1, 0.15) is 12.1 Å². The molecule has 1 heterocycles. The van der Waals surface area contributed by atoms with Gasteiger partial charge in [-0.2, -0.15) is 0 Å². The van der Waals surface area contributed by atoms with E-state index in [-0.39, 0.29) is 5.82 Å². The van der Waals surface area contributed by atoms with E-state index in [2.05, 4.69) is 9.97 Å². The lowest BCUT2D eigenvalue weighted by molar-refractivity contribution is 0.395. The SMILES string of the molecule is COc1cc(CC(N)c2ccc(C)cc2F)ncn1. The summed E-state index contributed by atoms with van der Waals surface area (Å²) in [5.41, 5.74) is 8.11. The first kappa shape index (κ1) is 13.4. The van der Waals surface area contributed by atoms with Crippen molar-refractivity contribution in [3.8, 4) is 5.88 Å². The highest BCUT2D eigenvalue weighted by Crippen LogP contribution is 2.20. The van der Waals surface area contributed by atoms with Crippen molar-refractivity contribution in [2.45, 2.75) is 19.4 Å². The second-order valence-corrected chi connectivity index (χ2v) is 4.39. The monoisotopic (exact) mass is 261 g/mol. The molecule has 0 saturated carbocycles. The molecule has 0 fully saturated rings. The molecule has 1 aromatic carbocycles. The van der Waals surface area contributed by atoms with Gasteiger partial charge in [0, 0.05) is 29.8 Å². The van der Waals surface area contributed by atoms with Crippen LogP contribution < -0.4 is 10.5 Å². The van der Waals surface area contributed by atoms with Gasteiger partial charge in [-0.1, -0.05) is 12.1 Å². The van der Waals surface area contributed by atoms with E-state index in [0.29, 0.717) is 17.9 Å². The molecule has 0 saturated heterocycles. The van der Waals surface area contributed by atoms with E-state index in [1.165, 1.54) is 19.5 Å². The van der Waals surface area contributed by atoms with Crippen LogP contribution in [0.1, 0.15) is 22.9 Å². The topological polar surface area (TPSA) is 61.0 Å². The second kappa shape index (κ2) is 5.75. The van der Waals surface area contributed by atoms with E-state index < -0.39 is 6.04 Å². The molecule has 1 unspecified atom stereocenters. The Morgan fingerprint density at radius 2 is 2.11 bits per heavy atom. The summed E-state index contributed by atoms with van der Waals surface area (Å²) in [6.07, 6.45) is 1.84. The van der Waals surface area contributed by atoms with Crippen LogP contribution in [0.2, 0.25) is 0 Å². The molecule has 0 aliphatic carbocycles. The maximum absolute atomic E-state index is 13.8. The van der Waals surface area contributed by atoms with E-state index >= 15 is 0 Å². The number of nitrogens with zero attached hydrogens (tertiary/aromatic N) is 2. The van der Waals surface area contributed by atoms with Gasteiger partial charge in [-0.3, -0.25) is 0 Å². The minimum atomic E-state index is -0.444. The van der Waals surface area contributed by atoms with Crippen LogP contribution in [0.4, 0.5) is 4.39 Å². The van der Waals surface area contributed by atoms with E-state index in [4.69, 9.17) is 10.5 Å². The molecule has 0 aliphatic rings. The van der Waals surface area contributed by atoms with Gasteiger partial charge < -0.3 is 10.5 Å². The maximum Gasteiger partial charge on any atom is 0.216 e. The largest absolute Gasteiger partial charge is 0.481 e. The number of hydrogen-bond acceptors (Lipinski definition) is 4. The minimum Gasteiger partial charge on any atom is -0.481 e. The van der Waals surface area contributed by atoms with E-state index in [1.807, 2.05) is 13.0 Å². The number of halogens is 1. The zero-order valence-electron chi connectivity index (χ0n) is 10.9. The van der Waals surface area contributed by atoms with Crippen molar-refractivity contribution < 1.29 is 9.13 Å². The molecular formula is C14H16FN3O. The van der Waals surface area contributed by atoms with Crippen molar-refractivity contribution in [3.63, 3.8) is 0 Å². The summed E-state index contributed by atoms with van der Waals surface area (Å²) >= 11 is 0. The average molecular weight is 261 g/mol. The van der Waals surface area contributed by atoms with E-state index in [9.17, 15) is 4.39 Å². The van der Waals surface area contributed by atoms with Crippen molar-refractivity contribution in [3.05, 3.63) is 53.2 Å². The molecule has 0 amide bonds. The van der Waals surface area contributed by atoms with Crippen LogP contribution in [0, 0.1) is 12.7 Å². The van der Waals surface area contributed by atoms with Gasteiger partial charge in [0.15, 0.2) is 0 Å². The molecule has 5 heteroatoms. The summed E-state index contributed by atoms with van der Waals surface area (Å²) in [5, 5.41) is 0. The fourth-order valence-corrected chi connectivity index (χ4v) is 1.87. The van der Waals surface area contributed by atoms with Gasteiger partial charge in [0.2, 0.25) is 5.88 Å². The Morgan fingerprint density at radius 1 is 1.32 bits per heavy atom. The van der Waals surface area contributed by atoms with E-state index in [1.54, 1.807) is 12.1 Å². The minimum absolute atomic E-state index is 0.284. The highest BCUT2D eigenvalue weighted by molar-refractivity contribution is 5.27. The highest BCUT2D eigenvalue weighted by Gasteiger charge is 2.13. The molecule has 100 valence electrons. The van der Waals surface area contributed by atoms with Gasteiger partial charge >= 0.3 is 0 Å². The number of hydrogen-bond donors (Lipinski definition) is 1. The molecule has 0 radical (unpaired) electrons. The van der Waals surface area contributed by atoms with Gasteiger partial charge in [0.05, 0.1) is 7.11 Å². The quantitative estimate of drug-likeness (QED) is 0.916. The van der Waals surface area contributed by atoms with Crippen LogP contribution in [-0.4, -0.2) is 17.1 Å². The summed E-state index contributed by atoms with van der Waals surface area (Å²) in [4.78, 5) is 8.03. The zero-order chi connectivity index (χ0) is 13.8. The summed E-state index contributed by atoms with van der Waals surface area (Å²) in [6.45, 7) is 1.84. The van der Waals surface area contributed by atoms with Crippen LogP contribution in [0.15, 0.2) is 30.6 Å². The number of benzene rings is 1. The summed E-state index contributed by atoms with van der Waals surface area (Å²) in [5.74, 6) is 0.190. The molecule has 4 nitrogen and oxygen atoms in total. The second-order valence-electron chi connectivity index (χ2n) is 4.39. The highest BCUT2D eigenvalue weighted by atomic mass is 19.1. The Kier molecular flexibility index (Phi) is 4.06. The third-order valence-corrected chi connectivity index (χ3v) is 2.89. The Labute approximate surface area is 111 Å². The summed E-state index contributed by atoms with van der Waals surface area (Å²) in [7, 11) is 1.53. The number of aromatic nitrogens is 2. The number of ether oxygens (including phenoxy) is 1. The number of rotatable bonds is 4. The molecule has 2 rings (SSSR count). The molecule has 0 spiro atoms. The third-order valence-electron chi connectivity index (χ3n) is 2.89. The number of aryl methyl sites for hydroxylation is 1. The van der Waals surface area contributed by atoms with Gasteiger partial charge in [-0.05, 0) is 18.6 Å². The molecular weight excluding hydrogens is 245 g/mol. The Morgan fingerprint density at radius 3 is 2.79 bits per heavy atom. The molecule has 0 aliphatic heterocycles. The standard InChI is InChI=1S/C14H16FN3O/c1-9-3-4-11(12(15)5-9)13(16)6-10-7-14(19-2)18-8-17-10/h3-5,7-8,13H,6,16H2,1-2H3. The lowest BCUT2D eigenvalue weighted by atomic mass is 10.0. The van der Waals surface area contributed by atoms with Gasteiger partial charge in [-0.25, -0.2) is 14.4 Å². The Balaban J connectivity index is 2.17. The van der Waals surface area contributed by atoms with Crippen molar-refractivity contribution in [1.82, 2.24) is 9.97 Å². The first-order valence-corrected chi connectivity index (χ1v) is 5.96. The van der Waals surface area contributed by atoms with Crippen LogP contribution in [0.5, 0.6) is 5.88 Å². The van der Waals surface area contributed by atoms with Crippen molar-refractivity contribution in [1.29, 1.82) is 0 Å². The molecule has 2 aromatic rings. The summed E-state index contributed by atoms with van der Waals surface area (Å²) in [6, 6.07) is 6.30. The smallest absolute Gasteiger partial charge is 0.216 e. The first-order chi connectivity index (χ1) is 9.10. The van der Waals surface area contributed by atoms with Gasteiger partial charge in [-0.15, -0.1) is 0 Å². The first-order valence-electron chi connectivity index (χ1n) is 5.96. The molecule has 19 heavy (non-hydrogen) atoms. The molecule has 1 atom stereocenters. The fourth-order valence-electron chi connectivity index (χ4n) is 1.87. The fraction of sp³-hybridized carbons (Fsp3) is 0.286. The lowest BCUT2D eigenvalue weighted by Gasteiger charge is -2.13. The number of methoxy groups -OCH3 is 1. The molecule has 2 N–H and O–H groups in total. The van der Waals surface area contributed by atoms with Crippen molar-refractivity contribution in [2.24, 2.45) is 5.73 Å². The lowest BCUT2D eigenvalue weighted by Crippen LogP contribution is -2.16. The number of nitrogens with two attached hydrogens (primary N) is 1. The van der Waals surface area contributed by atoms with Crippen molar-refractivity contribution >= 4 is 0 Å². The maximum atomic E-state index is 13.8. The van der Waals surface area contributed by atoms with Gasteiger partial charge in [0.25, 0.3) is 0 Å². The Hall–Kier alpha value is -2.01. The third kappa shape index (κ3) is 3.26. The predicted octanol–water partition coefficient (Wildman–Crippen LogP) is 2.18. The predicted molar refractivity (Wildman–Crippen MR) is 70.4 cm³/mol. The van der Waals surface area contributed by atoms with Crippen LogP contribution in [0.25, 0.3) is 0 Å². The summed E-state index contributed by atoms with van der Waals surface area (Å²) < 4.78 is 18.8. The van der Waals surface area contributed by atoms with Crippen LogP contribution in [0.3, 0.4) is 0 Å². The van der Waals surface area contributed by atoms with Crippen molar-refractivity contribution in [2.75, 3.05) is 7.11 Å². The normalized spacial score (nSPS) is 12.2. The van der Waals surface area contributed by atoms with Crippen LogP contribution in [-0.2, 0) is 6.42 Å². The van der Waals surface area contributed by atoms with Crippen LogP contribution >= 0.6 is 0 Å². The Bertz CT molecular complexity index is 574. The average Bonchev–Trinajstić information content (AvgIpc) is 2.38. The molecule has 0 bridgehead atoms. The molecule has 1 aromatic heterocycles. The van der Waals surface area contributed by atoms with E-state index in [0.717, 1.165) is 11.3 Å².